The number of piperidine rings is 1. The van der Waals surface area contributed by atoms with Crippen LogP contribution in [0.3, 0.4) is 0 Å². The molecule has 0 unspecified atom stereocenters. The predicted molar refractivity (Wildman–Crippen MR) is 71.1 cm³/mol. The molecule has 6 heteroatoms. The van der Waals surface area contributed by atoms with Crippen LogP contribution in [0.15, 0.2) is 4.52 Å². The van der Waals surface area contributed by atoms with Crippen molar-refractivity contribution in [2.24, 2.45) is 5.41 Å². The van der Waals surface area contributed by atoms with Crippen molar-refractivity contribution >= 4 is 5.97 Å². The summed E-state index contributed by atoms with van der Waals surface area (Å²) in [5.41, 5.74) is -0.535. The van der Waals surface area contributed by atoms with Gasteiger partial charge in [0.25, 0.3) is 0 Å². The zero-order valence-corrected chi connectivity index (χ0v) is 11.8. The van der Waals surface area contributed by atoms with Crippen molar-refractivity contribution in [2.75, 3.05) is 13.1 Å². The molecule has 1 saturated carbocycles. The summed E-state index contributed by atoms with van der Waals surface area (Å²) >= 11 is 0. The summed E-state index contributed by atoms with van der Waals surface area (Å²) in [5, 5.41) is 13.4. The van der Waals surface area contributed by atoms with Crippen molar-refractivity contribution < 1.29 is 14.4 Å². The molecule has 110 valence electrons. The van der Waals surface area contributed by atoms with Gasteiger partial charge >= 0.3 is 5.97 Å². The van der Waals surface area contributed by atoms with E-state index in [1.165, 1.54) is 0 Å². The van der Waals surface area contributed by atoms with Crippen molar-refractivity contribution in [2.45, 2.75) is 51.5 Å². The van der Waals surface area contributed by atoms with Crippen LogP contribution >= 0.6 is 0 Å². The third-order valence-corrected chi connectivity index (χ3v) is 4.72. The first-order valence-corrected chi connectivity index (χ1v) is 7.41. The Kier molecular flexibility index (Phi) is 3.50. The highest BCUT2D eigenvalue weighted by Crippen LogP contribution is 2.39. The van der Waals surface area contributed by atoms with Gasteiger partial charge in [0.15, 0.2) is 5.82 Å². The van der Waals surface area contributed by atoms with Gasteiger partial charge in [0.2, 0.25) is 5.89 Å². The lowest BCUT2D eigenvalue weighted by Crippen LogP contribution is -2.43. The standard InChI is InChI=1S/C14H21N3O3/c1-2-14(13(18)19)5-7-17(8-6-14)9-11-15-12(20-16-11)10-3-4-10/h10H,2-9H2,1H3,(H,18,19). The predicted octanol–water partition coefficient (Wildman–Crippen LogP) is 2.02. The summed E-state index contributed by atoms with van der Waals surface area (Å²) in [7, 11) is 0. The largest absolute Gasteiger partial charge is 0.481 e. The third-order valence-electron chi connectivity index (χ3n) is 4.72. The molecule has 1 aliphatic carbocycles. The average Bonchev–Trinajstić information content (AvgIpc) is 3.20. The summed E-state index contributed by atoms with van der Waals surface area (Å²) in [6.07, 6.45) is 4.41. The second-order valence-corrected chi connectivity index (χ2v) is 6.04. The van der Waals surface area contributed by atoms with E-state index in [0.29, 0.717) is 31.7 Å². The molecular weight excluding hydrogens is 258 g/mol. The molecule has 3 rings (SSSR count). The molecular formula is C14H21N3O3. The fraction of sp³-hybridized carbons (Fsp3) is 0.786. The number of rotatable bonds is 5. The maximum absolute atomic E-state index is 11.4. The summed E-state index contributed by atoms with van der Waals surface area (Å²) in [6, 6.07) is 0. The number of carbonyl (C=O) groups is 1. The Hall–Kier alpha value is -1.43. The van der Waals surface area contributed by atoms with Crippen molar-refractivity contribution in [3.05, 3.63) is 11.7 Å². The summed E-state index contributed by atoms with van der Waals surface area (Å²) in [6.45, 7) is 4.20. The van der Waals surface area contributed by atoms with Crippen molar-refractivity contribution in [3.63, 3.8) is 0 Å². The van der Waals surface area contributed by atoms with E-state index in [9.17, 15) is 9.90 Å². The van der Waals surface area contributed by atoms with Gasteiger partial charge in [-0.3, -0.25) is 9.69 Å². The number of nitrogens with zero attached hydrogens (tertiary/aromatic N) is 3. The van der Waals surface area contributed by atoms with Gasteiger partial charge in [0.05, 0.1) is 12.0 Å². The van der Waals surface area contributed by atoms with Gasteiger partial charge in [-0.1, -0.05) is 12.1 Å². The second kappa shape index (κ2) is 5.16. The lowest BCUT2D eigenvalue weighted by Gasteiger charge is -2.37. The van der Waals surface area contributed by atoms with Gasteiger partial charge in [-0.15, -0.1) is 0 Å². The van der Waals surface area contributed by atoms with Gasteiger partial charge < -0.3 is 9.63 Å². The molecule has 2 heterocycles. The minimum Gasteiger partial charge on any atom is -0.481 e. The van der Waals surface area contributed by atoms with Crippen LogP contribution in [0, 0.1) is 5.41 Å². The summed E-state index contributed by atoms with van der Waals surface area (Å²) < 4.78 is 5.25. The number of carboxylic acids is 1. The Labute approximate surface area is 118 Å². The van der Waals surface area contributed by atoms with Gasteiger partial charge in [-0.25, -0.2) is 0 Å². The van der Waals surface area contributed by atoms with E-state index in [1.807, 2.05) is 6.92 Å². The van der Waals surface area contributed by atoms with Crippen LogP contribution in [-0.4, -0.2) is 39.2 Å². The van der Waals surface area contributed by atoms with Crippen LogP contribution in [0.25, 0.3) is 0 Å². The van der Waals surface area contributed by atoms with Gasteiger partial charge in [0, 0.05) is 5.92 Å². The molecule has 1 aromatic rings. The Balaban J connectivity index is 1.56. The number of carboxylic acid groups (broad SMARTS) is 1. The number of aromatic nitrogens is 2. The molecule has 1 N–H and O–H groups in total. The molecule has 2 aliphatic rings. The van der Waals surface area contributed by atoms with Crippen molar-refractivity contribution in [1.82, 2.24) is 15.0 Å². The lowest BCUT2D eigenvalue weighted by atomic mass is 9.76. The Morgan fingerprint density at radius 3 is 2.70 bits per heavy atom. The molecule has 1 saturated heterocycles. The highest BCUT2D eigenvalue weighted by molar-refractivity contribution is 5.74. The van der Waals surface area contributed by atoms with Crippen molar-refractivity contribution in [1.29, 1.82) is 0 Å². The molecule has 0 atom stereocenters. The topological polar surface area (TPSA) is 79.5 Å². The molecule has 0 radical (unpaired) electrons. The Morgan fingerprint density at radius 2 is 2.15 bits per heavy atom. The van der Waals surface area contributed by atoms with E-state index >= 15 is 0 Å². The van der Waals surface area contributed by atoms with E-state index < -0.39 is 11.4 Å². The normalized spacial score (nSPS) is 22.9. The van der Waals surface area contributed by atoms with E-state index in [4.69, 9.17) is 4.52 Å². The molecule has 0 spiro atoms. The molecule has 1 aromatic heterocycles. The summed E-state index contributed by atoms with van der Waals surface area (Å²) in [4.78, 5) is 18.0. The maximum Gasteiger partial charge on any atom is 0.309 e. The molecule has 1 aliphatic heterocycles. The number of hydrogen-bond acceptors (Lipinski definition) is 5. The highest BCUT2D eigenvalue weighted by atomic mass is 16.5. The van der Waals surface area contributed by atoms with Gasteiger partial charge in [0.1, 0.15) is 0 Å². The van der Waals surface area contributed by atoms with Crippen LogP contribution < -0.4 is 0 Å². The molecule has 0 bridgehead atoms. The Morgan fingerprint density at radius 1 is 1.45 bits per heavy atom. The first-order valence-electron chi connectivity index (χ1n) is 7.41. The van der Waals surface area contributed by atoms with Crippen LogP contribution in [-0.2, 0) is 11.3 Å². The first-order chi connectivity index (χ1) is 9.63. The molecule has 6 nitrogen and oxygen atoms in total. The van der Waals surface area contributed by atoms with Crippen molar-refractivity contribution in [3.8, 4) is 0 Å². The summed E-state index contributed by atoms with van der Waals surface area (Å²) in [5.74, 6) is 1.32. The zero-order valence-electron chi connectivity index (χ0n) is 11.8. The van der Waals surface area contributed by atoms with E-state index in [-0.39, 0.29) is 0 Å². The van der Waals surface area contributed by atoms with E-state index in [2.05, 4.69) is 15.0 Å². The minimum absolute atomic E-state index is 0.484. The van der Waals surface area contributed by atoms with Crippen LogP contribution in [0.2, 0.25) is 0 Å². The molecule has 0 aromatic carbocycles. The maximum atomic E-state index is 11.4. The number of aliphatic carboxylic acids is 1. The average molecular weight is 279 g/mol. The third kappa shape index (κ3) is 2.57. The molecule has 0 amide bonds. The molecule has 20 heavy (non-hydrogen) atoms. The van der Waals surface area contributed by atoms with Gasteiger partial charge in [-0.2, -0.15) is 4.98 Å². The second-order valence-electron chi connectivity index (χ2n) is 6.04. The van der Waals surface area contributed by atoms with E-state index in [0.717, 1.165) is 37.6 Å². The van der Waals surface area contributed by atoms with Crippen LogP contribution in [0.5, 0.6) is 0 Å². The highest BCUT2D eigenvalue weighted by Gasteiger charge is 2.40. The fourth-order valence-electron chi connectivity index (χ4n) is 2.89. The number of likely N-dealkylation sites (tertiary alicyclic amines) is 1. The van der Waals surface area contributed by atoms with Crippen LogP contribution in [0.1, 0.15) is 56.7 Å². The quantitative estimate of drug-likeness (QED) is 0.888. The van der Waals surface area contributed by atoms with E-state index in [1.54, 1.807) is 0 Å². The molecule has 2 fully saturated rings. The first kappa shape index (κ1) is 13.5. The monoisotopic (exact) mass is 279 g/mol. The van der Waals surface area contributed by atoms with Crippen LogP contribution in [0.4, 0.5) is 0 Å². The number of hydrogen-bond donors (Lipinski definition) is 1. The lowest BCUT2D eigenvalue weighted by molar-refractivity contribution is -0.152. The van der Waals surface area contributed by atoms with Gasteiger partial charge in [-0.05, 0) is 45.2 Å². The zero-order chi connectivity index (χ0) is 14.2. The smallest absolute Gasteiger partial charge is 0.309 e. The SMILES string of the molecule is CCC1(C(=O)O)CCN(Cc2noc(C3CC3)n2)CC1. The Bertz CT molecular complexity index is 488. The fourth-order valence-corrected chi connectivity index (χ4v) is 2.89. The minimum atomic E-state index is -0.657.